The average molecular weight is 285 g/mol. The zero-order chi connectivity index (χ0) is 14.5. The van der Waals surface area contributed by atoms with Gasteiger partial charge in [-0.3, -0.25) is 4.79 Å². The molecule has 0 bridgehead atoms. The molecule has 0 saturated heterocycles. The summed E-state index contributed by atoms with van der Waals surface area (Å²) in [4.78, 5) is 11.7. The van der Waals surface area contributed by atoms with E-state index >= 15 is 0 Å². The lowest BCUT2D eigenvalue weighted by atomic mass is 9.85. The molecule has 0 atom stereocenters. The number of nitrogens with one attached hydrogen (secondary N) is 1. The van der Waals surface area contributed by atoms with Crippen LogP contribution in [0.1, 0.15) is 19.3 Å². The summed E-state index contributed by atoms with van der Waals surface area (Å²) in [7, 11) is 0. The molecule has 2 aromatic rings. The molecule has 1 N–H and O–H groups in total. The van der Waals surface area contributed by atoms with Crippen molar-refractivity contribution >= 4 is 5.91 Å². The van der Waals surface area contributed by atoms with E-state index in [9.17, 15) is 4.79 Å². The standard InChI is InChI=1S/C16H19N3O2/c20-16(17-11-13-3-1-4-13)12-21-15-7-5-14(6-8-15)19-10-2-9-18-19/h2,5-10,13H,1,3-4,11-12H2,(H,17,20). The third-order valence-electron chi connectivity index (χ3n) is 3.79. The number of amides is 1. The van der Waals surface area contributed by atoms with Crippen LogP contribution in [0.15, 0.2) is 42.7 Å². The fraction of sp³-hybridized carbons (Fsp3) is 0.375. The molecule has 1 aliphatic carbocycles. The van der Waals surface area contributed by atoms with Gasteiger partial charge >= 0.3 is 0 Å². The second-order valence-electron chi connectivity index (χ2n) is 5.33. The quantitative estimate of drug-likeness (QED) is 0.885. The van der Waals surface area contributed by atoms with E-state index in [1.54, 1.807) is 10.9 Å². The number of rotatable bonds is 6. The number of hydrogen-bond donors (Lipinski definition) is 1. The van der Waals surface area contributed by atoms with Crippen molar-refractivity contribution in [3.8, 4) is 11.4 Å². The van der Waals surface area contributed by atoms with Crippen LogP contribution < -0.4 is 10.1 Å². The number of ether oxygens (including phenoxy) is 1. The molecule has 1 aliphatic rings. The largest absolute Gasteiger partial charge is 0.484 e. The lowest BCUT2D eigenvalue weighted by molar-refractivity contribution is -0.123. The van der Waals surface area contributed by atoms with Gasteiger partial charge in [-0.2, -0.15) is 5.10 Å². The molecule has 3 rings (SSSR count). The van der Waals surface area contributed by atoms with Crippen molar-refractivity contribution in [1.82, 2.24) is 15.1 Å². The summed E-state index contributed by atoms with van der Waals surface area (Å²) in [6.07, 6.45) is 7.37. The highest BCUT2D eigenvalue weighted by Gasteiger charge is 2.17. The van der Waals surface area contributed by atoms with Crippen molar-refractivity contribution in [2.45, 2.75) is 19.3 Å². The van der Waals surface area contributed by atoms with Crippen LogP contribution in [0.4, 0.5) is 0 Å². The van der Waals surface area contributed by atoms with Gasteiger partial charge in [0.25, 0.3) is 5.91 Å². The molecule has 1 aromatic carbocycles. The van der Waals surface area contributed by atoms with Crippen LogP contribution in [0.2, 0.25) is 0 Å². The Morgan fingerprint density at radius 1 is 1.33 bits per heavy atom. The normalized spacial score (nSPS) is 14.5. The fourth-order valence-electron chi connectivity index (χ4n) is 2.27. The molecular weight excluding hydrogens is 266 g/mol. The summed E-state index contributed by atoms with van der Waals surface area (Å²) in [6.45, 7) is 0.842. The number of hydrogen-bond acceptors (Lipinski definition) is 3. The van der Waals surface area contributed by atoms with Gasteiger partial charge in [0.2, 0.25) is 0 Å². The Morgan fingerprint density at radius 3 is 2.76 bits per heavy atom. The van der Waals surface area contributed by atoms with E-state index in [1.807, 2.05) is 36.5 Å². The molecule has 21 heavy (non-hydrogen) atoms. The van der Waals surface area contributed by atoms with E-state index < -0.39 is 0 Å². The topological polar surface area (TPSA) is 56.2 Å². The molecule has 5 heteroatoms. The highest BCUT2D eigenvalue weighted by atomic mass is 16.5. The molecule has 0 unspecified atom stereocenters. The summed E-state index contributed by atoms with van der Waals surface area (Å²) in [6, 6.07) is 9.38. The molecule has 1 heterocycles. The van der Waals surface area contributed by atoms with Crippen molar-refractivity contribution in [3.63, 3.8) is 0 Å². The van der Waals surface area contributed by atoms with Gasteiger partial charge in [-0.15, -0.1) is 0 Å². The van der Waals surface area contributed by atoms with Crippen LogP contribution in [0.5, 0.6) is 5.75 Å². The molecule has 0 spiro atoms. The summed E-state index contributed by atoms with van der Waals surface area (Å²) in [5.74, 6) is 1.30. The van der Waals surface area contributed by atoms with Gasteiger partial charge in [0.1, 0.15) is 5.75 Å². The molecular formula is C16H19N3O2. The molecule has 5 nitrogen and oxygen atoms in total. The molecule has 1 saturated carbocycles. The Morgan fingerprint density at radius 2 is 2.14 bits per heavy atom. The van der Waals surface area contributed by atoms with Gasteiger partial charge < -0.3 is 10.1 Å². The maximum Gasteiger partial charge on any atom is 0.257 e. The van der Waals surface area contributed by atoms with Crippen molar-refractivity contribution in [2.75, 3.05) is 13.2 Å². The molecule has 1 fully saturated rings. The molecule has 0 radical (unpaired) electrons. The van der Waals surface area contributed by atoms with Gasteiger partial charge in [0.15, 0.2) is 6.61 Å². The van der Waals surface area contributed by atoms with Gasteiger partial charge in [-0.25, -0.2) is 4.68 Å². The number of carbonyl (C=O) groups excluding carboxylic acids is 1. The van der Waals surface area contributed by atoms with E-state index in [2.05, 4.69) is 10.4 Å². The number of aromatic nitrogens is 2. The highest BCUT2D eigenvalue weighted by molar-refractivity contribution is 5.77. The predicted octanol–water partition coefficient (Wildman–Crippen LogP) is 2.17. The van der Waals surface area contributed by atoms with Crippen LogP contribution in [0.25, 0.3) is 5.69 Å². The van der Waals surface area contributed by atoms with Crippen molar-refractivity contribution in [3.05, 3.63) is 42.7 Å². The minimum absolute atomic E-state index is 0.0574. The minimum Gasteiger partial charge on any atom is -0.484 e. The first-order valence-corrected chi connectivity index (χ1v) is 7.31. The van der Waals surface area contributed by atoms with E-state index in [-0.39, 0.29) is 12.5 Å². The van der Waals surface area contributed by atoms with Crippen molar-refractivity contribution in [1.29, 1.82) is 0 Å². The third kappa shape index (κ3) is 3.62. The second-order valence-corrected chi connectivity index (χ2v) is 5.33. The number of nitrogens with zero attached hydrogens (tertiary/aromatic N) is 2. The van der Waals surface area contributed by atoms with Gasteiger partial charge in [-0.1, -0.05) is 6.42 Å². The van der Waals surface area contributed by atoms with Crippen LogP contribution >= 0.6 is 0 Å². The van der Waals surface area contributed by atoms with Crippen LogP contribution in [-0.2, 0) is 4.79 Å². The zero-order valence-corrected chi connectivity index (χ0v) is 11.9. The Balaban J connectivity index is 1.45. The summed E-state index contributed by atoms with van der Waals surface area (Å²) in [5.41, 5.74) is 0.960. The fourth-order valence-corrected chi connectivity index (χ4v) is 2.27. The molecule has 110 valence electrons. The van der Waals surface area contributed by atoms with E-state index in [1.165, 1.54) is 19.3 Å². The van der Waals surface area contributed by atoms with Crippen LogP contribution in [0.3, 0.4) is 0 Å². The highest BCUT2D eigenvalue weighted by Crippen LogP contribution is 2.25. The van der Waals surface area contributed by atoms with Gasteiger partial charge in [0.05, 0.1) is 5.69 Å². The lowest BCUT2D eigenvalue weighted by Crippen LogP contribution is -2.35. The lowest BCUT2D eigenvalue weighted by Gasteiger charge is -2.25. The summed E-state index contributed by atoms with van der Waals surface area (Å²) < 4.78 is 7.26. The first-order chi connectivity index (χ1) is 10.3. The van der Waals surface area contributed by atoms with Crippen molar-refractivity contribution in [2.24, 2.45) is 5.92 Å². The smallest absolute Gasteiger partial charge is 0.257 e. The first-order valence-electron chi connectivity index (χ1n) is 7.31. The summed E-state index contributed by atoms with van der Waals surface area (Å²) in [5, 5.41) is 7.07. The maximum atomic E-state index is 11.7. The van der Waals surface area contributed by atoms with Gasteiger partial charge in [-0.05, 0) is 49.1 Å². The molecule has 1 aromatic heterocycles. The van der Waals surface area contributed by atoms with E-state index in [4.69, 9.17) is 4.74 Å². The Labute approximate surface area is 123 Å². The molecule has 1 amide bonds. The third-order valence-corrected chi connectivity index (χ3v) is 3.79. The second kappa shape index (κ2) is 6.43. The van der Waals surface area contributed by atoms with Crippen molar-refractivity contribution < 1.29 is 9.53 Å². The zero-order valence-electron chi connectivity index (χ0n) is 11.9. The first kappa shape index (κ1) is 13.7. The van der Waals surface area contributed by atoms with Gasteiger partial charge in [0, 0.05) is 18.9 Å². The Kier molecular flexibility index (Phi) is 4.19. The van der Waals surface area contributed by atoms with Crippen LogP contribution in [0, 0.1) is 5.92 Å². The van der Waals surface area contributed by atoms with E-state index in [0.29, 0.717) is 11.7 Å². The number of benzene rings is 1. The Hall–Kier alpha value is -2.30. The maximum absolute atomic E-state index is 11.7. The summed E-state index contributed by atoms with van der Waals surface area (Å²) >= 11 is 0. The SMILES string of the molecule is O=C(COc1ccc(-n2cccn2)cc1)NCC1CCC1. The Bertz CT molecular complexity index is 574. The van der Waals surface area contributed by atoms with Crippen LogP contribution in [-0.4, -0.2) is 28.8 Å². The monoisotopic (exact) mass is 285 g/mol. The molecule has 0 aliphatic heterocycles. The average Bonchev–Trinajstić information content (AvgIpc) is 2.98. The minimum atomic E-state index is -0.0574. The predicted molar refractivity (Wildman–Crippen MR) is 79.4 cm³/mol. The number of carbonyl (C=O) groups is 1. The van der Waals surface area contributed by atoms with E-state index in [0.717, 1.165) is 12.2 Å².